The van der Waals surface area contributed by atoms with Crippen LogP contribution in [0.3, 0.4) is 0 Å². The summed E-state index contributed by atoms with van der Waals surface area (Å²) in [5.41, 5.74) is 0.340. The minimum absolute atomic E-state index is 0.118. The fourth-order valence-electron chi connectivity index (χ4n) is 1.91. The van der Waals surface area contributed by atoms with Crippen molar-refractivity contribution in [2.24, 2.45) is 0 Å². The molecular formula is C17H17Cl2N3O2. The zero-order chi connectivity index (χ0) is 17.9. The van der Waals surface area contributed by atoms with Gasteiger partial charge in [0.15, 0.2) is 0 Å². The molecule has 2 aromatic rings. The second-order valence-electron chi connectivity index (χ2n) is 6.22. The Kier molecular flexibility index (Phi) is 5.47. The zero-order valence-corrected chi connectivity index (χ0v) is 15.0. The van der Waals surface area contributed by atoms with E-state index < -0.39 is 11.4 Å². The number of nitrogens with one attached hydrogen (secondary N) is 2. The van der Waals surface area contributed by atoms with Crippen molar-refractivity contribution in [3.05, 3.63) is 57.8 Å². The molecule has 24 heavy (non-hydrogen) atoms. The lowest BCUT2D eigenvalue weighted by Gasteiger charge is -2.20. The quantitative estimate of drug-likeness (QED) is 0.857. The Balaban J connectivity index is 2.18. The molecule has 7 heteroatoms. The maximum atomic E-state index is 12.3. The number of carbonyl (C=O) groups excluding carboxylic acids is 2. The van der Waals surface area contributed by atoms with Gasteiger partial charge in [0.25, 0.3) is 11.8 Å². The molecule has 0 bridgehead atoms. The molecule has 0 saturated heterocycles. The minimum Gasteiger partial charge on any atom is -0.346 e. The Labute approximate surface area is 150 Å². The van der Waals surface area contributed by atoms with Crippen molar-refractivity contribution >= 4 is 40.7 Å². The molecule has 0 aliphatic rings. The number of hydrogen-bond donors (Lipinski definition) is 2. The van der Waals surface area contributed by atoms with Gasteiger partial charge in [0.05, 0.1) is 0 Å². The van der Waals surface area contributed by atoms with E-state index in [-0.39, 0.29) is 17.3 Å². The lowest BCUT2D eigenvalue weighted by atomic mass is 10.1. The van der Waals surface area contributed by atoms with Crippen LogP contribution in [0.15, 0.2) is 36.4 Å². The SMILES string of the molecule is CC(C)(C)NC(=O)c1cccc(C(=O)Nc2cc(Cl)cc(Cl)c2)n1. The van der Waals surface area contributed by atoms with Crippen LogP contribution in [0.4, 0.5) is 5.69 Å². The molecular weight excluding hydrogens is 349 g/mol. The van der Waals surface area contributed by atoms with Crippen molar-refractivity contribution in [1.82, 2.24) is 10.3 Å². The summed E-state index contributed by atoms with van der Waals surface area (Å²) in [6.07, 6.45) is 0. The van der Waals surface area contributed by atoms with Crippen molar-refractivity contribution in [3.8, 4) is 0 Å². The van der Waals surface area contributed by atoms with Crippen molar-refractivity contribution in [1.29, 1.82) is 0 Å². The average molecular weight is 366 g/mol. The topological polar surface area (TPSA) is 71.1 Å². The molecule has 0 fully saturated rings. The number of nitrogens with zero attached hydrogens (tertiary/aromatic N) is 1. The normalized spacial score (nSPS) is 11.0. The predicted octanol–water partition coefficient (Wildman–Crippen LogP) is 4.17. The van der Waals surface area contributed by atoms with Crippen LogP contribution >= 0.6 is 23.2 Å². The summed E-state index contributed by atoms with van der Waals surface area (Å²) in [4.78, 5) is 28.6. The van der Waals surface area contributed by atoms with E-state index in [1.165, 1.54) is 6.07 Å². The second kappa shape index (κ2) is 7.20. The molecule has 1 aromatic carbocycles. The van der Waals surface area contributed by atoms with Gasteiger partial charge in [0, 0.05) is 21.3 Å². The maximum absolute atomic E-state index is 12.3. The molecule has 1 heterocycles. The third-order valence-corrected chi connectivity index (χ3v) is 3.26. The lowest BCUT2D eigenvalue weighted by molar-refractivity contribution is 0.0914. The Morgan fingerprint density at radius 1 is 0.958 bits per heavy atom. The van der Waals surface area contributed by atoms with Crippen LogP contribution in [0.1, 0.15) is 41.7 Å². The monoisotopic (exact) mass is 365 g/mol. The number of carbonyl (C=O) groups is 2. The van der Waals surface area contributed by atoms with Crippen LogP contribution in [0, 0.1) is 0 Å². The van der Waals surface area contributed by atoms with E-state index in [4.69, 9.17) is 23.2 Å². The summed E-state index contributed by atoms with van der Waals surface area (Å²) in [6, 6.07) is 9.38. The van der Waals surface area contributed by atoms with Gasteiger partial charge in [-0.15, -0.1) is 0 Å². The minimum atomic E-state index is -0.459. The third-order valence-electron chi connectivity index (χ3n) is 2.82. The number of aromatic nitrogens is 1. The molecule has 5 nitrogen and oxygen atoms in total. The van der Waals surface area contributed by atoms with Gasteiger partial charge in [-0.2, -0.15) is 0 Å². The van der Waals surface area contributed by atoms with Gasteiger partial charge in [-0.3, -0.25) is 9.59 Å². The maximum Gasteiger partial charge on any atom is 0.274 e. The highest BCUT2D eigenvalue weighted by Crippen LogP contribution is 2.22. The zero-order valence-electron chi connectivity index (χ0n) is 13.5. The summed E-state index contributed by atoms with van der Waals surface area (Å²) in [5.74, 6) is -0.804. The Morgan fingerprint density at radius 3 is 2.04 bits per heavy atom. The Hall–Kier alpha value is -2.11. The number of halogens is 2. The largest absolute Gasteiger partial charge is 0.346 e. The molecule has 0 spiro atoms. The van der Waals surface area contributed by atoms with Gasteiger partial charge in [0.2, 0.25) is 0 Å². The number of hydrogen-bond acceptors (Lipinski definition) is 3. The van der Waals surface area contributed by atoms with E-state index in [0.29, 0.717) is 15.7 Å². The summed E-state index contributed by atoms with van der Waals surface area (Å²) < 4.78 is 0. The smallest absolute Gasteiger partial charge is 0.274 e. The van der Waals surface area contributed by atoms with Crippen LogP contribution in [-0.2, 0) is 0 Å². The van der Waals surface area contributed by atoms with E-state index in [9.17, 15) is 9.59 Å². The average Bonchev–Trinajstić information content (AvgIpc) is 2.44. The molecule has 1 aromatic heterocycles. The van der Waals surface area contributed by atoms with Crippen LogP contribution in [0.5, 0.6) is 0 Å². The van der Waals surface area contributed by atoms with Crippen LogP contribution in [-0.4, -0.2) is 22.3 Å². The molecule has 2 N–H and O–H groups in total. The van der Waals surface area contributed by atoms with Gasteiger partial charge in [-0.05, 0) is 51.1 Å². The first-order valence-electron chi connectivity index (χ1n) is 7.21. The van der Waals surface area contributed by atoms with Gasteiger partial charge < -0.3 is 10.6 Å². The fourth-order valence-corrected chi connectivity index (χ4v) is 2.44. The first kappa shape index (κ1) is 18.2. The van der Waals surface area contributed by atoms with Crippen molar-refractivity contribution in [2.75, 3.05) is 5.32 Å². The number of benzene rings is 1. The molecule has 0 atom stereocenters. The Morgan fingerprint density at radius 2 is 1.50 bits per heavy atom. The highest BCUT2D eigenvalue weighted by atomic mass is 35.5. The molecule has 0 saturated carbocycles. The molecule has 0 radical (unpaired) electrons. The van der Waals surface area contributed by atoms with Crippen LogP contribution in [0.25, 0.3) is 0 Å². The molecule has 2 rings (SSSR count). The number of anilines is 1. The predicted molar refractivity (Wildman–Crippen MR) is 95.9 cm³/mol. The van der Waals surface area contributed by atoms with Gasteiger partial charge in [-0.1, -0.05) is 29.3 Å². The fraction of sp³-hybridized carbons (Fsp3) is 0.235. The van der Waals surface area contributed by atoms with Gasteiger partial charge in [-0.25, -0.2) is 4.98 Å². The highest BCUT2D eigenvalue weighted by molar-refractivity contribution is 6.35. The van der Waals surface area contributed by atoms with Crippen molar-refractivity contribution in [2.45, 2.75) is 26.3 Å². The summed E-state index contributed by atoms with van der Waals surface area (Å²) >= 11 is 11.8. The summed E-state index contributed by atoms with van der Waals surface area (Å²) in [6.45, 7) is 5.60. The van der Waals surface area contributed by atoms with E-state index in [1.54, 1.807) is 30.3 Å². The number of amides is 2. The molecule has 0 unspecified atom stereocenters. The van der Waals surface area contributed by atoms with Crippen LogP contribution in [0.2, 0.25) is 10.0 Å². The van der Waals surface area contributed by atoms with Crippen molar-refractivity contribution < 1.29 is 9.59 Å². The molecule has 0 aliphatic carbocycles. The molecule has 2 amide bonds. The number of rotatable bonds is 3. The lowest BCUT2D eigenvalue weighted by Crippen LogP contribution is -2.41. The highest BCUT2D eigenvalue weighted by Gasteiger charge is 2.18. The van der Waals surface area contributed by atoms with E-state index >= 15 is 0 Å². The van der Waals surface area contributed by atoms with Gasteiger partial charge >= 0.3 is 0 Å². The first-order chi connectivity index (χ1) is 11.1. The van der Waals surface area contributed by atoms with E-state index in [0.717, 1.165) is 0 Å². The molecule has 0 aliphatic heterocycles. The second-order valence-corrected chi connectivity index (χ2v) is 7.10. The first-order valence-corrected chi connectivity index (χ1v) is 7.97. The standard InChI is InChI=1S/C17H17Cl2N3O2/c1-17(2,3)22-16(24)14-6-4-5-13(21-14)15(23)20-12-8-10(18)7-11(19)9-12/h4-9H,1-3H3,(H,20,23)(H,22,24). The summed E-state index contributed by atoms with van der Waals surface area (Å²) in [5, 5.41) is 6.26. The number of pyridine rings is 1. The van der Waals surface area contributed by atoms with Gasteiger partial charge in [0.1, 0.15) is 11.4 Å². The summed E-state index contributed by atoms with van der Waals surface area (Å²) in [7, 11) is 0. The van der Waals surface area contributed by atoms with Crippen molar-refractivity contribution in [3.63, 3.8) is 0 Å². The molecule has 126 valence electrons. The van der Waals surface area contributed by atoms with E-state index in [2.05, 4.69) is 15.6 Å². The Bertz CT molecular complexity index is 765. The van der Waals surface area contributed by atoms with E-state index in [1.807, 2.05) is 20.8 Å². The third kappa shape index (κ3) is 5.22. The van der Waals surface area contributed by atoms with Crippen LogP contribution < -0.4 is 10.6 Å².